The minimum absolute atomic E-state index is 0.0418. The second kappa shape index (κ2) is 6.18. The van der Waals surface area contributed by atoms with Gasteiger partial charge in [0.15, 0.2) is 0 Å². The van der Waals surface area contributed by atoms with Crippen molar-refractivity contribution in [1.82, 2.24) is 9.78 Å². The lowest BCUT2D eigenvalue weighted by atomic mass is 9.97. The Labute approximate surface area is 112 Å². The third-order valence-electron chi connectivity index (χ3n) is 3.10. The van der Waals surface area contributed by atoms with Crippen molar-refractivity contribution in [3.05, 3.63) is 21.5 Å². The lowest BCUT2D eigenvalue weighted by molar-refractivity contribution is -0.386. The molecule has 5 nitrogen and oxygen atoms in total. The molecule has 0 radical (unpaired) electrons. The van der Waals surface area contributed by atoms with Gasteiger partial charge in [-0.2, -0.15) is 5.10 Å². The molecule has 0 spiro atoms. The van der Waals surface area contributed by atoms with Crippen LogP contribution in [0.2, 0.25) is 0 Å². The van der Waals surface area contributed by atoms with Crippen molar-refractivity contribution in [2.75, 3.05) is 0 Å². The van der Waals surface area contributed by atoms with E-state index in [0.717, 1.165) is 12.8 Å². The van der Waals surface area contributed by atoms with Gasteiger partial charge in [0.1, 0.15) is 11.4 Å². The van der Waals surface area contributed by atoms with Gasteiger partial charge in [0.25, 0.3) is 0 Å². The van der Waals surface area contributed by atoms with Crippen molar-refractivity contribution in [3.63, 3.8) is 0 Å². The van der Waals surface area contributed by atoms with Crippen LogP contribution in [0.1, 0.15) is 50.9 Å². The van der Waals surface area contributed by atoms with Crippen LogP contribution in [0.25, 0.3) is 0 Å². The van der Waals surface area contributed by atoms with Crippen LogP contribution in [0.5, 0.6) is 0 Å². The lowest BCUT2D eigenvalue weighted by Crippen LogP contribution is -2.16. The van der Waals surface area contributed by atoms with E-state index in [0.29, 0.717) is 17.9 Å². The summed E-state index contributed by atoms with van der Waals surface area (Å²) < 4.78 is 1.75. The van der Waals surface area contributed by atoms with E-state index in [4.69, 9.17) is 11.6 Å². The third-order valence-corrected chi connectivity index (χ3v) is 3.40. The molecule has 18 heavy (non-hydrogen) atoms. The van der Waals surface area contributed by atoms with Gasteiger partial charge >= 0.3 is 5.69 Å². The fraction of sp³-hybridized carbons (Fsp3) is 0.750. The summed E-state index contributed by atoms with van der Waals surface area (Å²) in [6.45, 7) is 8.26. The molecule has 1 heterocycles. The van der Waals surface area contributed by atoms with Crippen LogP contribution in [0, 0.1) is 17.0 Å². The Kier molecular flexibility index (Phi) is 5.14. The van der Waals surface area contributed by atoms with Gasteiger partial charge in [-0.05, 0) is 26.7 Å². The van der Waals surface area contributed by atoms with Crippen LogP contribution in [-0.4, -0.2) is 20.1 Å². The van der Waals surface area contributed by atoms with Crippen LogP contribution in [0.3, 0.4) is 0 Å². The standard InChI is InChI=1S/C12H20ClN3O2/c1-5-7-15-12(10(6-2)8(3)13)11(16(17)18)9(4)14-15/h8,10H,5-7H2,1-4H3. The molecule has 1 aromatic rings. The maximum absolute atomic E-state index is 11.2. The van der Waals surface area contributed by atoms with Gasteiger partial charge in [-0.3, -0.25) is 14.8 Å². The molecule has 0 aliphatic heterocycles. The summed E-state index contributed by atoms with van der Waals surface area (Å²) in [4.78, 5) is 10.9. The number of hydrogen-bond acceptors (Lipinski definition) is 3. The first-order chi connectivity index (χ1) is 8.43. The van der Waals surface area contributed by atoms with Crippen molar-refractivity contribution < 1.29 is 4.92 Å². The number of alkyl halides is 1. The lowest BCUT2D eigenvalue weighted by Gasteiger charge is -2.18. The van der Waals surface area contributed by atoms with Crippen LogP contribution < -0.4 is 0 Å². The van der Waals surface area contributed by atoms with Crippen molar-refractivity contribution in [3.8, 4) is 0 Å². The largest absolute Gasteiger partial charge is 0.313 e. The number of nitro groups is 1. The maximum atomic E-state index is 11.2. The van der Waals surface area contributed by atoms with E-state index >= 15 is 0 Å². The van der Waals surface area contributed by atoms with E-state index in [-0.39, 0.29) is 21.9 Å². The summed E-state index contributed by atoms with van der Waals surface area (Å²) >= 11 is 6.17. The third kappa shape index (κ3) is 2.83. The Morgan fingerprint density at radius 3 is 2.50 bits per heavy atom. The van der Waals surface area contributed by atoms with E-state index < -0.39 is 0 Å². The molecule has 0 amide bonds. The Hall–Kier alpha value is -1.10. The number of nitrogens with zero attached hydrogens (tertiary/aromatic N) is 3. The summed E-state index contributed by atoms with van der Waals surface area (Å²) in [6.07, 6.45) is 1.65. The minimum Gasteiger partial charge on any atom is -0.262 e. The fourth-order valence-electron chi connectivity index (χ4n) is 2.30. The Morgan fingerprint density at radius 1 is 1.50 bits per heavy atom. The van der Waals surface area contributed by atoms with Crippen LogP contribution >= 0.6 is 11.6 Å². The van der Waals surface area contributed by atoms with Gasteiger partial charge in [-0.25, -0.2) is 0 Å². The Balaban J connectivity index is 3.39. The molecule has 2 atom stereocenters. The Bertz CT molecular complexity index is 429. The molecule has 0 fully saturated rings. The molecule has 1 rings (SSSR count). The molecule has 0 N–H and O–H groups in total. The first-order valence-corrected chi connectivity index (χ1v) is 6.73. The Morgan fingerprint density at radius 2 is 2.11 bits per heavy atom. The second-order valence-electron chi connectivity index (χ2n) is 4.49. The number of aryl methyl sites for hydroxylation is 2. The molecule has 6 heteroatoms. The average Bonchev–Trinajstić information content (AvgIpc) is 2.57. The molecule has 102 valence electrons. The van der Waals surface area contributed by atoms with Gasteiger partial charge < -0.3 is 0 Å². The summed E-state index contributed by atoms with van der Waals surface area (Å²) in [5, 5.41) is 15.3. The molecular formula is C12H20ClN3O2. The quantitative estimate of drug-likeness (QED) is 0.452. The van der Waals surface area contributed by atoms with Crippen LogP contribution in [-0.2, 0) is 6.54 Å². The molecule has 0 bridgehead atoms. The van der Waals surface area contributed by atoms with Crippen molar-refractivity contribution in [1.29, 1.82) is 0 Å². The summed E-state index contributed by atoms with van der Waals surface area (Å²) in [6, 6.07) is 0. The van der Waals surface area contributed by atoms with Gasteiger partial charge in [-0.15, -0.1) is 11.6 Å². The molecule has 0 aromatic carbocycles. The predicted octanol–water partition coefficient (Wildman–Crippen LogP) is 3.63. The highest BCUT2D eigenvalue weighted by atomic mass is 35.5. The topological polar surface area (TPSA) is 61.0 Å². The SMILES string of the molecule is CCCn1nc(C)c([N+](=O)[O-])c1C(CC)C(C)Cl. The smallest absolute Gasteiger partial charge is 0.262 e. The molecule has 0 aliphatic carbocycles. The highest BCUT2D eigenvalue weighted by Gasteiger charge is 2.32. The van der Waals surface area contributed by atoms with Crippen molar-refractivity contribution in [2.24, 2.45) is 0 Å². The fourth-order valence-corrected chi connectivity index (χ4v) is 2.60. The zero-order valence-corrected chi connectivity index (χ0v) is 12.1. The van der Waals surface area contributed by atoms with Gasteiger partial charge in [0.05, 0.1) is 4.92 Å². The van der Waals surface area contributed by atoms with E-state index in [1.54, 1.807) is 11.6 Å². The minimum atomic E-state index is -0.342. The number of halogens is 1. The van der Waals surface area contributed by atoms with E-state index in [2.05, 4.69) is 5.10 Å². The van der Waals surface area contributed by atoms with Gasteiger partial charge in [0, 0.05) is 17.8 Å². The van der Waals surface area contributed by atoms with Crippen LogP contribution in [0.15, 0.2) is 0 Å². The van der Waals surface area contributed by atoms with Crippen molar-refractivity contribution in [2.45, 2.75) is 58.4 Å². The van der Waals surface area contributed by atoms with E-state index in [1.807, 2.05) is 20.8 Å². The molecule has 1 aromatic heterocycles. The first kappa shape index (κ1) is 15.0. The van der Waals surface area contributed by atoms with Crippen molar-refractivity contribution >= 4 is 17.3 Å². The monoisotopic (exact) mass is 273 g/mol. The van der Waals surface area contributed by atoms with Crippen LogP contribution in [0.4, 0.5) is 5.69 Å². The van der Waals surface area contributed by atoms with E-state index in [9.17, 15) is 10.1 Å². The number of aromatic nitrogens is 2. The number of rotatable bonds is 6. The highest BCUT2D eigenvalue weighted by Crippen LogP contribution is 2.35. The molecule has 0 saturated heterocycles. The highest BCUT2D eigenvalue weighted by molar-refractivity contribution is 6.20. The second-order valence-corrected chi connectivity index (χ2v) is 5.18. The summed E-state index contributed by atoms with van der Waals surface area (Å²) in [5.74, 6) is -0.0418. The van der Waals surface area contributed by atoms with Gasteiger partial charge in [-0.1, -0.05) is 13.8 Å². The molecule has 2 unspecified atom stereocenters. The molecule has 0 saturated carbocycles. The predicted molar refractivity (Wildman–Crippen MR) is 72.3 cm³/mol. The summed E-state index contributed by atoms with van der Waals surface area (Å²) in [5.41, 5.74) is 1.27. The maximum Gasteiger partial charge on any atom is 0.313 e. The van der Waals surface area contributed by atoms with Gasteiger partial charge in [0.2, 0.25) is 0 Å². The zero-order valence-electron chi connectivity index (χ0n) is 11.3. The molecule has 0 aliphatic rings. The first-order valence-electron chi connectivity index (χ1n) is 6.29. The molecular weight excluding hydrogens is 254 g/mol. The normalized spacial score (nSPS) is 14.5. The average molecular weight is 274 g/mol. The number of hydrogen-bond donors (Lipinski definition) is 0. The van der Waals surface area contributed by atoms with E-state index in [1.165, 1.54) is 0 Å². The zero-order chi connectivity index (χ0) is 13.9. The summed E-state index contributed by atoms with van der Waals surface area (Å²) in [7, 11) is 0.